The maximum absolute atomic E-state index is 12.6. The Kier molecular flexibility index (Phi) is 3.98. The summed E-state index contributed by atoms with van der Waals surface area (Å²) in [6.07, 6.45) is 0.866. The molecule has 0 aliphatic carbocycles. The lowest BCUT2D eigenvalue weighted by atomic mass is 9.94. The molecule has 2 unspecified atom stereocenters. The Morgan fingerprint density at radius 3 is 2.91 bits per heavy atom. The molecule has 116 valence electrons. The fourth-order valence-electron chi connectivity index (χ4n) is 3.04. The quantitative estimate of drug-likeness (QED) is 0.830. The van der Waals surface area contributed by atoms with Crippen molar-refractivity contribution in [1.29, 1.82) is 0 Å². The van der Waals surface area contributed by atoms with Gasteiger partial charge in [0.2, 0.25) is 0 Å². The molecule has 1 fully saturated rings. The van der Waals surface area contributed by atoms with Crippen molar-refractivity contribution in [2.24, 2.45) is 5.92 Å². The Balaban J connectivity index is 1.95. The van der Waals surface area contributed by atoms with Crippen molar-refractivity contribution >= 4 is 16.9 Å². The molecule has 22 heavy (non-hydrogen) atoms. The van der Waals surface area contributed by atoms with Crippen LogP contribution in [0.1, 0.15) is 29.3 Å². The molecule has 1 aromatic heterocycles. The van der Waals surface area contributed by atoms with Crippen LogP contribution in [-0.2, 0) is 0 Å². The molecule has 1 aromatic carbocycles. The number of rotatable bonds is 2. The summed E-state index contributed by atoms with van der Waals surface area (Å²) >= 11 is 0. The lowest BCUT2D eigenvalue weighted by molar-refractivity contribution is 0.0910. The minimum atomic E-state index is -0.574. The molecule has 2 N–H and O–H groups in total. The number of carbonyl (C=O) groups is 1. The van der Waals surface area contributed by atoms with Crippen LogP contribution in [0, 0.1) is 12.8 Å². The van der Waals surface area contributed by atoms with E-state index in [1.54, 1.807) is 19.1 Å². The van der Waals surface area contributed by atoms with Gasteiger partial charge in [-0.15, -0.1) is 0 Å². The molecule has 5 nitrogen and oxygen atoms in total. The van der Waals surface area contributed by atoms with Crippen LogP contribution in [0.3, 0.4) is 0 Å². The highest BCUT2D eigenvalue weighted by Gasteiger charge is 2.26. The number of fused-ring (bicyclic) bond motifs is 1. The van der Waals surface area contributed by atoms with E-state index in [-0.39, 0.29) is 17.5 Å². The van der Waals surface area contributed by atoms with Gasteiger partial charge in [0.15, 0.2) is 0 Å². The van der Waals surface area contributed by atoms with E-state index in [0.29, 0.717) is 17.1 Å². The van der Waals surface area contributed by atoms with E-state index in [0.717, 1.165) is 24.9 Å². The first-order valence-corrected chi connectivity index (χ1v) is 7.62. The zero-order valence-electron chi connectivity index (χ0n) is 12.8. The van der Waals surface area contributed by atoms with Crippen LogP contribution in [0.2, 0.25) is 0 Å². The number of hydrogen-bond acceptors (Lipinski definition) is 4. The summed E-state index contributed by atoms with van der Waals surface area (Å²) in [6, 6.07) is 7.35. The van der Waals surface area contributed by atoms with Gasteiger partial charge in [-0.05, 0) is 44.0 Å². The number of carbonyl (C=O) groups excluding carboxylic acids is 1. The van der Waals surface area contributed by atoms with Crippen molar-refractivity contribution in [3.63, 3.8) is 0 Å². The third-order valence-corrected chi connectivity index (χ3v) is 4.40. The molecule has 2 aromatic rings. The summed E-state index contributed by atoms with van der Waals surface area (Å²) in [5, 5.41) is 7.08. The third kappa shape index (κ3) is 2.64. The second-order valence-corrected chi connectivity index (χ2v) is 5.94. The van der Waals surface area contributed by atoms with E-state index in [2.05, 4.69) is 17.6 Å². The van der Waals surface area contributed by atoms with Gasteiger partial charge in [0.25, 0.3) is 5.91 Å². The summed E-state index contributed by atoms with van der Waals surface area (Å²) in [7, 11) is 0. The molecule has 3 rings (SSSR count). The molecule has 1 amide bonds. The Labute approximate surface area is 128 Å². The molecule has 2 heterocycles. The summed E-state index contributed by atoms with van der Waals surface area (Å²) in [6.45, 7) is 5.63. The number of nitrogens with one attached hydrogen (secondary N) is 2. The number of para-hydroxylation sites is 1. The van der Waals surface area contributed by atoms with E-state index in [9.17, 15) is 9.59 Å². The first-order chi connectivity index (χ1) is 10.6. The van der Waals surface area contributed by atoms with Crippen LogP contribution in [0.25, 0.3) is 11.0 Å². The highest BCUT2D eigenvalue weighted by molar-refractivity contribution is 5.99. The minimum Gasteiger partial charge on any atom is -0.422 e. The molecular formula is C17H20N2O3. The van der Waals surface area contributed by atoms with E-state index in [1.165, 1.54) is 0 Å². The minimum absolute atomic E-state index is 0.0824. The number of amides is 1. The van der Waals surface area contributed by atoms with Crippen molar-refractivity contribution in [1.82, 2.24) is 10.6 Å². The van der Waals surface area contributed by atoms with Crippen LogP contribution >= 0.6 is 0 Å². The van der Waals surface area contributed by atoms with Gasteiger partial charge in [0, 0.05) is 11.4 Å². The second-order valence-electron chi connectivity index (χ2n) is 5.94. The smallest absolute Gasteiger partial charge is 0.349 e. The SMILES string of the molecule is Cc1c(C(=O)NC2CCNCC2C)c(=O)oc2ccccc12. The normalized spacial score (nSPS) is 21.7. The van der Waals surface area contributed by atoms with Gasteiger partial charge < -0.3 is 15.1 Å². The molecular weight excluding hydrogens is 280 g/mol. The van der Waals surface area contributed by atoms with Crippen molar-refractivity contribution in [2.75, 3.05) is 13.1 Å². The average molecular weight is 300 g/mol. The Morgan fingerprint density at radius 1 is 1.36 bits per heavy atom. The Hall–Kier alpha value is -2.14. The molecule has 0 radical (unpaired) electrons. The number of aryl methyl sites for hydroxylation is 1. The van der Waals surface area contributed by atoms with Gasteiger partial charge in [-0.1, -0.05) is 25.1 Å². The van der Waals surface area contributed by atoms with Crippen molar-refractivity contribution in [3.05, 3.63) is 45.8 Å². The maximum atomic E-state index is 12.6. The summed E-state index contributed by atoms with van der Waals surface area (Å²) in [5.41, 5.74) is 0.724. The molecule has 0 saturated carbocycles. The van der Waals surface area contributed by atoms with E-state index >= 15 is 0 Å². The topological polar surface area (TPSA) is 71.3 Å². The van der Waals surface area contributed by atoms with E-state index < -0.39 is 5.63 Å². The first-order valence-electron chi connectivity index (χ1n) is 7.62. The van der Waals surface area contributed by atoms with Crippen molar-refractivity contribution in [3.8, 4) is 0 Å². The standard InChI is InChI=1S/C17H20N2O3/c1-10-9-18-8-7-13(10)19-16(20)15-11(2)12-5-3-4-6-14(12)22-17(15)21/h3-6,10,13,18H,7-9H2,1-2H3,(H,19,20). The number of piperidine rings is 1. The predicted octanol–water partition coefficient (Wildman–Crippen LogP) is 1.83. The zero-order chi connectivity index (χ0) is 15.7. The van der Waals surface area contributed by atoms with Crippen LogP contribution in [0.4, 0.5) is 0 Å². The molecule has 0 bridgehead atoms. The highest BCUT2D eigenvalue weighted by Crippen LogP contribution is 2.19. The van der Waals surface area contributed by atoms with Gasteiger partial charge in [-0.25, -0.2) is 4.79 Å². The summed E-state index contributed by atoms with van der Waals surface area (Å²) in [5.74, 6) is 0.00116. The molecule has 0 spiro atoms. The highest BCUT2D eigenvalue weighted by atomic mass is 16.4. The Bertz CT molecular complexity index is 766. The lowest BCUT2D eigenvalue weighted by Gasteiger charge is -2.30. The predicted molar refractivity (Wildman–Crippen MR) is 85.1 cm³/mol. The number of hydrogen-bond donors (Lipinski definition) is 2. The van der Waals surface area contributed by atoms with Gasteiger partial charge in [0.1, 0.15) is 11.1 Å². The monoisotopic (exact) mass is 300 g/mol. The average Bonchev–Trinajstić information content (AvgIpc) is 2.49. The van der Waals surface area contributed by atoms with Gasteiger partial charge in [-0.3, -0.25) is 4.79 Å². The largest absolute Gasteiger partial charge is 0.422 e. The summed E-state index contributed by atoms with van der Waals surface area (Å²) < 4.78 is 5.28. The van der Waals surface area contributed by atoms with Gasteiger partial charge >= 0.3 is 5.63 Å². The van der Waals surface area contributed by atoms with Crippen LogP contribution in [-0.4, -0.2) is 25.0 Å². The Morgan fingerprint density at radius 2 is 2.14 bits per heavy atom. The second kappa shape index (κ2) is 5.93. The molecule has 1 aliphatic rings. The molecule has 1 saturated heterocycles. The van der Waals surface area contributed by atoms with Crippen LogP contribution < -0.4 is 16.3 Å². The summed E-state index contributed by atoms with van der Waals surface area (Å²) in [4.78, 5) is 24.7. The molecule has 2 atom stereocenters. The maximum Gasteiger partial charge on any atom is 0.349 e. The van der Waals surface area contributed by atoms with Crippen molar-refractivity contribution < 1.29 is 9.21 Å². The van der Waals surface area contributed by atoms with E-state index in [1.807, 2.05) is 12.1 Å². The van der Waals surface area contributed by atoms with Crippen LogP contribution in [0.15, 0.2) is 33.5 Å². The first kappa shape index (κ1) is 14.8. The van der Waals surface area contributed by atoms with Crippen LogP contribution in [0.5, 0.6) is 0 Å². The van der Waals surface area contributed by atoms with Gasteiger partial charge in [0.05, 0.1) is 0 Å². The van der Waals surface area contributed by atoms with Crippen molar-refractivity contribution in [2.45, 2.75) is 26.3 Å². The molecule has 1 aliphatic heterocycles. The third-order valence-electron chi connectivity index (χ3n) is 4.40. The molecule has 5 heteroatoms. The lowest BCUT2D eigenvalue weighted by Crippen LogP contribution is -2.49. The zero-order valence-corrected chi connectivity index (χ0v) is 12.8. The fraction of sp³-hybridized carbons (Fsp3) is 0.412. The van der Waals surface area contributed by atoms with Gasteiger partial charge in [-0.2, -0.15) is 0 Å². The fourth-order valence-corrected chi connectivity index (χ4v) is 3.04. The van der Waals surface area contributed by atoms with E-state index in [4.69, 9.17) is 4.42 Å². The number of benzene rings is 1.